The fourth-order valence-electron chi connectivity index (χ4n) is 4.79. The molecule has 1 aliphatic heterocycles. The molecule has 3 aromatic heterocycles. The molecule has 12 heteroatoms. The molecule has 1 saturated carbocycles. The molecule has 2 fully saturated rings. The molecule has 2 aliphatic rings. The summed E-state index contributed by atoms with van der Waals surface area (Å²) in [6.07, 6.45) is 1.05. The third-order valence-corrected chi connectivity index (χ3v) is 7.15. The van der Waals surface area contributed by atoms with E-state index in [1.807, 2.05) is 26.8 Å². The van der Waals surface area contributed by atoms with E-state index in [9.17, 15) is 13.6 Å². The van der Waals surface area contributed by atoms with Crippen LogP contribution in [-0.2, 0) is 10.2 Å². The first kappa shape index (κ1) is 26.3. The molecule has 0 bridgehead atoms. The van der Waals surface area contributed by atoms with E-state index in [0.717, 1.165) is 0 Å². The minimum Gasteiger partial charge on any atom is -0.435 e. The van der Waals surface area contributed by atoms with Crippen LogP contribution in [0.3, 0.4) is 0 Å². The maximum atomic E-state index is 15.0. The monoisotopic (exact) mass is 554 g/mol. The zero-order chi connectivity index (χ0) is 28.4. The molecule has 6 rings (SSSR count). The highest BCUT2D eigenvalue weighted by atomic mass is 19.3. The molecule has 0 radical (unpaired) electrons. The fourth-order valence-corrected chi connectivity index (χ4v) is 4.79. The molecular formula is C28H29F3N6O3. The number of anilines is 2. The van der Waals surface area contributed by atoms with Crippen molar-refractivity contribution in [1.82, 2.24) is 19.6 Å². The molecule has 0 spiro atoms. The van der Waals surface area contributed by atoms with Crippen LogP contribution in [0.5, 0.6) is 0 Å². The summed E-state index contributed by atoms with van der Waals surface area (Å²) >= 11 is 0. The van der Waals surface area contributed by atoms with Crippen molar-refractivity contribution in [2.75, 3.05) is 36.5 Å². The average Bonchev–Trinajstić information content (AvgIpc) is 3.27. The predicted octanol–water partition coefficient (Wildman–Crippen LogP) is 5.34. The number of carbonyl (C=O) groups excluding carboxylic acids is 1. The van der Waals surface area contributed by atoms with Gasteiger partial charge >= 0.3 is 0 Å². The smallest absolute Gasteiger partial charge is 0.293 e. The zero-order valence-corrected chi connectivity index (χ0v) is 22.6. The number of nitrogens with one attached hydrogen (secondary N) is 1. The van der Waals surface area contributed by atoms with Gasteiger partial charge in [-0.2, -0.15) is 4.52 Å². The van der Waals surface area contributed by atoms with Gasteiger partial charge in [-0.15, -0.1) is 5.10 Å². The summed E-state index contributed by atoms with van der Waals surface area (Å²) in [7, 11) is 0. The summed E-state index contributed by atoms with van der Waals surface area (Å²) in [6, 6.07) is 6.49. The number of morpholine rings is 1. The minimum absolute atomic E-state index is 0.0321. The SMILES string of the molecule is Cc1cc(F)c(NC(=O)c2cnc(C(C)(C)C)o2)cc1-c1cc(N2CCOCC2)n2nc(C3CC3(F)F)nc2c1. The maximum absolute atomic E-state index is 15.0. The van der Waals surface area contributed by atoms with Crippen molar-refractivity contribution in [2.45, 2.75) is 51.4 Å². The van der Waals surface area contributed by atoms with Crippen LogP contribution < -0.4 is 10.2 Å². The lowest BCUT2D eigenvalue weighted by Crippen LogP contribution is -2.37. The first-order valence-electron chi connectivity index (χ1n) is 13.1. The van der Waals surface area contributed by atoms with E-state index in [-0.39, 0.29) is 23.7 Å². The van der Waals surface area contributed by atoms with Crippen molar-refractivity contribution in [3.63, 3.8) is 0 Å². The molecular weight excluding hydrogens is 525 g/mol. The fraction of sp³-hybridized carbons (Fsp3) is 0.429. The number of alkyl halides is 2. The van der Waals surface area contributed by atoms with Gasteiger partial charge in [-0.25, -0.2) is 23.1 Å². The van der Waals surface area contributed by atoms with Crippen LogP contribution in [0.15, 0.2) is 34.9 Å². The van der Waals surface area contributed by atoms with Crippen molar-refractivity contribution in [3.8, 4) is 11.1 Å². The number of rotatable bonds is 5. The number of nitrogens with zero attached hydrogens (tertiary/aromatic N) is 5. The molecule has 4 aromatic rings. The van der Waals surface area contributed by atoms with Crippen LogP contribution in [0.2, 0.25) is 0 Å². The van der Waals surface area contributed by atoms with Gasteiger partial charge in [0, 0.05) is 24.9 Å². The Balaban J connectivity index is 1.39. The number of aryl methyl sites for hydroxylation is 1. The molecule has 40 heavy (non-hydrogen) atoms. The quantitative estimate of drug-likeness (QED) is 0.356. The van der Waals surface area contributed by atoms with Gasteiger partial charge in [-0.05, 0) is 47.9 Å². The third kappa shape index (κ3) is 4.80. The Bertz CT molecular complexity index is 1620. The van der Waals surface area contributed by atoms with Crippen molar-refractivity contribution in [2.24, 2.45) is 0 Å². The number of amides is 1. The first-order valence-corrected chi connectivity index (χ1v) is 13.1. The van der Waals surface area contributed by atoms with Gasteiger partial charge in [0.15, 0.2) is 11.5 Å². The van der Waals surface area contributed by atoms with E-state index < -0.39 is 29.0 Å². The highest BCUT2D eigenvalue weighted by molar-refractivity contribution is 6.02. The van der Waals surface area contributed by atoms with Crippen LogP contribution in [0, 0.1) is 12.7 Å². The lowest BCUT2D eigenvalue weighted by Gasteiger charge is -2.29. The van der Waals surface area contributed by atoms with Crippen LogP contribution in [0.25, 0.3) is 16.8 Å². The first-order chi connectivity index (χ1) is 18.9. The van der Waals surface area contributed by atoms with Crippen LogP contribution in [-0.4, -0.2) is 57.7 Å². The van der Waals surface area contributed by atoms with Gasteiger partial charge < -0.3 is 19.4 Å². The Morgan fingerprint density at radius 3 is 2.52 bits per heavy atom. The molecule has 1 unspecified atom stereocenters. The third-order valence-electron chi connectivity index (χ3n) is 7.15. The predicted molar refractivity (Wildman–Crippen MR) is 142 cm³/mol. The second-order valence-corrected chi connectivity index (χ2v) is 11.3. The van der Waals surface area contributed by atoms with Gasteiger partial charge in [-0.3, -0.25) is 4.79 Å². The van der Waals surface area contributed by atoms with Crippen molar-refractivity contribution >= 4 is 23.1 Å². The number of aromatic nitrogens is 4. The number of benzene rings is 1. The molecule has 1 aliphatic carbocycles. The highest BCUT2D eigenvalue weighted by Gasteiger charge is 2.60. The molecule has 1 saturated heterocycles. The summed E-state index contributed by atoms with van der Waals surface area (Å²) < 4.78 is 55.4. The average molecular weight is 555 g/mol. The Labute approximate surface area is 228 Å². The van der Waals surface area contributed by atoms with Crippen LogP contribution in [0.4, 0.5) is 24.7 Å². The Morgan fingerprint density at radius 2 is 1.88 bits per heavy atom. The van der Waals surface area contributed by atoms with Gasteiger partial charge in [0.2, 0.25) is 11.7 Å². The minimum atomic E-state index is -2.80. The Hall–Kier alpha value is -3.93. The number of oxazole rings is 1. The Kier molecular flexibility index (Phi) is 6.13. The summed E-state index contributed by atoms with van der Waals surface area (Å²) in [5, 5.41) is 7.03. The van der Waals surface area contributed by atoms with E-state index in [2.05, 4.69) is 25.3 Å². The van der Waals surface area contributed by atoms with E-state index in [1.54, 1.807) is 23.6 Å². The van der Waals surface area contributed by atoms with Crippen molar-refractivity contribution in [3.05, 3.63) is 59.3 Å². The zero-order valence-electron chi connectivity index (χ0n) is 22.6. The number of pyridine rings is 1. The summed E-state index contributed by atoms with van der Waals surface area (Å²) in [4.78, 5) is 23.6. The number of carbonyl (C=O) groups is 1. The molecule has 9 nitrogen and oxygen atoms in total. The lowest BCUT2D eigenvalue weighted by molar-refractivity contribution is 0.0992. The molecule has 1 atom stereocenters. The lowest BCUT2D eigenvalue weighted by atomic mass is 9.97. The normalized spacial score (nSPS) is 18.8. The van der Waals surface area contributed by atoms with E-state index in [0.29, 0.717) is 60.3 Å². The standard InChI is InChI=1S/C28H29F3N6O3/c1-15-9-19(29)20(33-25(38)21-14-32-26(40-21)27(2,3)4)12-17(15)16-10-22-34-24(18-13-28(18,30)31)35-37(22)23(11-16)36-5-7-39-8-6-36/h9-12,14,18H,5-8,13H2,1-4H3,(H,33,38). The van der Waals surface area contributed by atoms with Gasteiger partial charge in [0.05, 0.1) is 31.0 Å². The van der Waals surface area contributed by atoms with Gasteiger partial charge in [-0.1, -0.05) is 20.8 Å². The van der Waals surface area contributed by atoms with Crippen molar-refractivity contribution < 1.29 is 27.1 Å². The topological polar surface area (TPSA) is 97.8 Å². The molecule has 1 amide bonds. The largest absolute Gasteiger partial charge is 0.435 e. The molecule has 4 heterocycles. The van der Waals surface area contributed by atoms with Gasteiger partial charge in [0.1, 0.15) is 11.6 Å². The highest BCUT2D eigenvalue weighted by Crippen LogP contribution is 2.54. The molecule has 1 aromatic carbocycles. The van der Waals surface area contributed by atoms with Gasteiger partial charge in [0.25, 0.3) is 11.8 Å². The van der Waals surface area contributed by atoms with E-state index in [4.69, 9.17) is 9.15 Å². The van der Waals surface area contributed by atoms with Crippen LogP contribution in [0.1, 0.15) is 60.9 Å². The maximum Gasteiger partial charge on any atom is 0.293 e. The second kappa shape index (κ2) is 9.33. The van der Waals surface area contributed by atoms with E-state index in [1.165, 1.54) is 12.3 Å². The summed E-state index contributed by atoms with van der Waals surface area (Å²) in [6.45, 7) is 9.68. The number of hydrogen-bond acceptors (Lipinski definition) is 7. The van der Waals surface area contributed by atoms with Crippen molar-refractivity contribution in [1.29, 1.82) is 0 Å². The summed E-state index contributed by atoms with van der Waals surface area (Å²) in [5.74, 6) is -3.92. The van der Waals surface area contributed by atoms with E-state index >= 15 is 4.39 Å². The summed E-state index contributed by atoms with van der Waals surface area (Å²) in [5.41, 5.74) is 1.92. The number of hydrogen-bond donors (Lipinski definition) is 1. The Morgan fingerprint density at radius 1 is 1.15 bits per heavy atom. The molecule has 210 valence electrons. The van der Waals surface area contributed by atoms with Crippen LogP contribution >= 0.6 is 0 Å². The number of halogens is 3. The number of ether oxygens (including phenoxy) is 1. The molecule has 1 N–H and O–H groups in total. The number of fused-ring (bicyclic) bond motifs is 1. The second-order valence-electron chi connectivity index (χ2n) is 11.3.